The average Bonchev–Trinajstić information content (AvgIpc) is 2.60. The molecular formula is C18H15BrN4O. The molecule has 0 fully saturated rings. The molecule has 0 N–H and O–H groups in total. The van der Waals surface area contributed by atoms with E-state index in [1.807, 2.05) is 43.3 Å². The lowest BCUT2D eigenvalue weighted by molar-refractivity contribution is 0.416. The second-order valence-electron chi connectivity index (χ2n) is 5.46. The van der Waals surface area contributed by atoms with Gasteiger partial charge in [0.25, 0.3) is 0 Å². The van der Waals surface area contributed by atoms with Gasteiger partial charge in [0.2, 0.25) is 5.95 Å². The van der Waals surface area contributed by atoms with Gasteiger partial charge in [0.15, 0.2) is 5.75 Å². The Kier molecular flexibility index (Phi) is 4.36. The molecule has 0 amide bonds. The second-order valence-corrected chi connectivity index (χ2v) is 6.31. The summed E-state index contributed by atoms with van der Waals surface area (Å²) < 4.78 is 6.32. The third kappa shape index (κ3) is 2.79. The molecule has 0 aliphatic carbocycles. The average molecular weight is 383 g/mol. The van der Waals surface area contributed by atoms with Crippen LogP contribution in [-0.2, 0) is 0 Å². The van der Waals surface area contributed by atoms with Gasteiger partial charge in [-0.2, -0.15) is 5.26 Å². The van der Waals surface area contributed by atoms with E-state index in [0.29, 0.717) is 17.3 Å². The maximum Gasteiger partial charge on any atom is 0.225 e. The molecule has 3 aromatic rings. The number of nitrogens with zero attached hydrogens (tertiary/aromatic N) is 4. The van der Waals surface area contributed by atoms with Crippen molar-refractivity contribution >= 4 is 32.8 Å². The molecule has 120 valence electrons. The van der Waals surface area contributed by atoms with Crippen molar-refractivity contribution < 1.29 is 4.74 Å². The van der Waals surface area contributed by atoms with Gasteiger partial charge in [-0.1, -0.05) is 12.1 Å². The highest BCUT2D eigenvalue weighted by Gasteiger charge is 2.16. The highest BCUT2D eigenvalue weighted by molar-refractivity contribution is 9.10. The highest BCUT2D eigenvalue weighted by atomic mass is 79.9. The number of rotatable bonds is 3. The summed E-state index contributed by atoms with van der Waals surface area (Å²) in [6, 6.07) is 11.6. The van der Waals surface area contributed by atoms with Gasteiger partial charge in [-0.15, -0.1) is 0 Å². The van der Waals surface area contributed by atoms with Crippen LogP contribution >= 0.6 is 15.9 Å². The minimum absolute atomic E-state index is 0.607. The number of fused-ring (bicyclic) bond motifs is 1. The van der Waals surface area contributed by atoms with Crippen LogP contribution in [0.25, 0.3) is 22.0 Å². The number of benzene rings is 2. The standard InChI is InChI=1S/C18H15BrN4O/c1-23(2)18-21-10-14-13(12-6-4-5-11(7-12)9-20)8-15(19)17(24-3)16(14)22-18/h4-8,10H,1-3H3. The van der Waals surface area contributed by atoms with Gasteiger partial charge in [-0.05, 0) is 45.3 Å². The highest BCUT2D eigenvalue weighted by Crippen LogP contribution is 2.39. The normalized spacial score (nSPS) is 10.5. The Hall–Kier alpha value is -2.65. The first-order valence-electron chi connectivity index (χ1n) is 7.26. The number of nitriles is 1. The lowest BCUT2D eigenvalue weighted by atomic mass is 9.99. The van der Waals surface area contributed by atoms with Crippen molar-refractivity contribution in [1.82, 2.24) is 9.97 Å². The third-order valence-corrected chi connectivity index (χ3v) is 4.27. The lowest BCUT2D eigenvalue weighted by Crippen LogP contribution is -2.12. The van der Waals surface area contributed by atoms with E-state index in [0.717, 1.165) is 26.5 Å². The van der Waals surface area contributed by atoms with Crippen molar-refractivity contribution in [3.63, 3.8) is 0 Å². The van der Waals surface area contributed by atoms with E-state index in [4.69, 9.17) is 10.00 Å². The van der Waals surface area contributed by atoms with E-state index in [1.54, 1.807) is 19.4 Å². The Balaban J connectivity index is 2.35. The molecule has 0 atom stereocenters. The molecule has 1 aromatic heterocycles. The van der Waals surface area contributed by atoms with Crippen LogP contribution in [0.15, 0.2) is 41.0 Å². The monoisotopic (exact) mass is 382 g/mol. The number of aromatic nitrogens is 2. The molecule has 0 saturated carbocycles. The summed E-state index contributed by atoms with van der Waals surface area (Å²) in [5.74, 6) is 1.27. The molecule has 0 spiro atoms. The third-order valence-electron chi connectivity index (χ3n) is 3.68. The number of anilines is 1. The summed E-state index contributed by atoms with van der Waals surface area (Å²) in [6.07, 6.45) is 1.79. The predicted octanol–water partition coefficient (Wildman–Crippen LogP) is 4.01. The molecule has 24 heavy (non-hydrogen) atoms. The molecule has 0 unspecified atom stereocenters. The van der Waals surface area contributed by atoms with Gasteiger partial charge >= 0.3 is 0 Å². The molecule has 0 saturated heterocycles. The Bertz CT molecular complexity index is 963. The number of hydrogen-bond acceptors (Lipinski definition) is 5. The quantitative estimate of drug-likeness (QED) is 0.684. The zero-order chi connectivity index (χ0) is 17.3. The van der Waals surface area contributed by atoms with E-state index in [2.05, 4.69) is 32.0 Å². The zero-order valence-corrected chi connectivity index (χ0v) is 15.1. The summed E-state index contributed by atoms with van der Waals surface area (Å²) in [5, 5.41) is 10.0. The number of hydrogen-bond donors (Lipinski definition) is 0. The molecule has 2 aromatic carbocycles. The maximum atomic E-state index is 9.15. The summed E-state index contributed by atoms with van der Waals surface area (Å²) in [4.78, 5) is 10.9. The summed E-state index contributed by atoms with van der Waals surface area (Å²) in [6.45, 7) is 0. The molecule has 6 heteroatoms. The van der Waals surface area contributed by atoms with Crippen molar-refractivity contribution in [1.29, 1.82) is 5.26 Å². The Labute approximate surface area is 148 Å². The zero-order valence-electron chi connectivity index (χ0n) is 13.5. The topological polar surface area (TPSA) is 62.0 Å². The van der Waals surface area contributed by atoms with Crippen LogP contribution in [0, 0.1) is 11.3 Å². The molecule has 1 heterocycles. The van der Waals surface area contributed by atoms with Crippen LogP contribution < -0.4 is 9.64 Å². The van der Waals surface area contributed by atoms with Gasteiger partial charge < -0.3 is 9.64 Å². The number of methoxy groups -OCH3 is 1. The molecule has 5 nitrogen and oxygen atoms in total. The van der Waals surface area contributed by atoms with E-state index in [1.165, 1.54) is 0 Å². The Morgan fingerprint density at radius 1 is 1.25 bits per heavy atom. The molecule has 0 radical (unpaired) electrons. The number of ether oxygens (including phenoxy) is 1. The van der Waals surface area contributed by atoms with Crippen molar-refractivity contribution in [2.24, 2.45) is 0 Å². The predicted molar refractivity (Wildman–Crippen MR) is 98.3 cm³/mol. The van der Waals surface area contributed by atoms with Crippen molar-refractivity contribution in [3.05, 3.63) is 46.6 Å². The lowest BCUT2D eigenvalue weighted by Gasteiger charge is -2.15. The van der Waals surface area contributed by atoms with Crippen LogP contribution in [0.5, 0.6) is 5.75 Å². The molecule has 0 aliphatic heterocycles. The largest absolute Gasteiger partial charge is 0.493 e. The van der Waals surface area contributed by atoms with Gasteiger partial charge in [-0.3, -0.25) is 0 Å². The van der Waals surface area contributed by atoms with Gasteiger partial charge in [-0.25, -0.2) is 9.97 Å². The van der Waals surface area contributed by atoms with Crippen LogP contribution in [0.1, 0.15) is 5.56 Å². The fraction of sp³-hybridized carbons (Fsp3) is 0.167. The van der Waals surface area contributed by atoms with Crippen molar-refractivity contribution in [2.75, 3.05) is 26.1 Å². The van der Waals surface area contributed by atoms with Crippen molar-refractivity contribution in [3.8, 4) is 22.9 Å². The summed E-state index contributed by atoms with van der Waals surface area (Å²) >= 11 is 3.56. The van der Waals surface area contributed by atoms with Crippen molar-refractivity contribution in [2.45, 2.75) is 0 Å². The van der Waals surface area contributed by atoms with Crippen LogP contribution in [0.2, 0.25) is 0 Å². The molecule has 0 bridgehead atoms. The van der Waals surface area contributed by atoms with Crippen LogP contribution in [-0.4, -0.2) is 31.2 Å². The second kappa shape index (κ2) is 6.46. The first kappa shape index (κ1) is 16.2. The maximum absolute atomic E-state index is 9.15. The fourth-order valence-electron chi connectivity index (χ4n) is 2.53. The molecule has 3 rings (SSSR count). The molecular weight excluding hydrogens is 368 g/mol. The first-order chi connectivity index (χ1) is 11.5. The van der Waals surface area contributed by atoms with Crippen LogP contribution in [0.4, 0.5) is 5.95 Å². The van der Waals surface area contributed by atoms with Gasteiger partial charge in [0.05, 0.1) is 23.2 Å². The minimum Gasteiger partial charge on any atom is -0.493 e. The SMILES string of the molecule is COc1c(Br)cc(-c2cccc(C#N)c2)c2cnc(N(C)C)nc12. The van der Waals surface area contributed by atoms with Crippen LogP contribution in [0.3, 0.4) is 0 Å². The minimum atomic E-state index is 0.607. The molecule has 0 aliphatic rings. The summed E-state index contributed by atoms with van der Waals surface area (Å²) in [5.41, 5.74) is 3.21. The number of halogens is 1. The van der Waals surface area contributed by atoms with E-state index in [9.17, 15) is 0 Å². The van der Waals surface area contributed by atoms with Gasteiger partial charge in [0, 0.05) is 25.7 Å². The van der Waals surface area contributed by atoms with Gasteiger partial charge in [0.1, 0.15) is 5.52 Å². The van der Waals surface area contributed by atoms with E-state index in [-0.39, 0.29) is 0 Å². The van der Waals surface area contributed by atoms with E-state index >= 15 is 0 Å². The van der Waals surface area contributed by atoms with E-state index < -0.39 is 0 Å². The smallest absolute Gasteiger partial charge is 0.225 e. The fourth-order valence-corrected chi connectivity index (χ4v) is 3.11. The summed E-state index contributed by atoms with van der Waals surface area (Å²) in [7, 11) is 5.40. The first-order valence-corrected chi connectivity index (χ1v) is 8.05. The Morgan fingerprint density at radius 3 is 2.71 bits per heavy atom. The Morgan fingerprint density at radius 2 is 2.04 bits per heavy atom.